The van der Waals surface area contributed by atoms with E-state index in [1.54, 1.807) is 13.2 Å². The first kappa shape index (κ1) is 21.7. The molecule has 6 heteroatoms. The zero-order chi connectivity index (χ0) is 22.9. The molecule has 168 valence electrons. The van der Waals surface area contributed by atoms with Gasteiger partial charge in [0.2, 0.25) is 5.78 Å². The van der Waals surface area contributed by atoms with Gasteiger partial charge in [-0.2, -0.15) is 0 Å². The van der Waals surface area contributed by atoms with Crippen LogP contribution in [0, 0.1) is 6.92 Å². The number of allylic oxidation sites excluding steroid dienone is 1. The first-order valence-electron chi connectivity index (χ1n) is 10.9. The lowest BCUT2D eigenvalue weighted by molar-refractivity contribution is 0.0949. The van der Waals surface area contributed by atoms with E-state index in [2.05, 4.69) is 33.0 Å². The van der Waals surface area contributed by atoms with Gasteiger partial charge in [0, 0.05) is 17.6 Å². The molecule has 0 unspecified atom stereocenters. The molecule has 0 N–H and O–H groups in total. The topological polar surface area (TPSA) is 48.0 Å². The second-order valence-electron chi connectivity index (χ2n) is 8.29. The predicted molar refractivity (Wildman–Crippen MR) is 131 cm³/mol. The summed E-state index contributed by atoms with van der Waals surface area (Å²) >= 11 is 3.44. The van der Waals surface area contributed by atoms with E-state index in [9.17, 15) is 4.79 Å². The second kappa shape index (κ2) is 9.04. The predicted octanol–water partition coefficient (Wildman–Crippen LogP) is 5.78. The summed E-state index contributed by atoms with van der Waals surface area (Å²) in [6, 6.07) is 17.9. The number of Topliss-reactive ketones (excluding diaryl/α,β-unsaturated/α-hetero) is 1. The summed E-state index contributed by atoms with van der Waals surface area (Å²) in [5.74, 6) is 2.55. The highest BCUT2D eigenvalue weighted by Crippen LogP contribution is 2.44. The minimum Gasteiger partial charge on any atom is -0.497 e. The Kier molecular flexibility index (Phi) is 5.96. The van der Waals surface area contributed by atoms with Crippen molar-refractivity contribution >= 4 is 27.8 Å². The van der Waals surface area contributed by atoms with Crippen LogP contribution in [-0.2, 0) is 13.0 Å². The molecule has 0 saturated carbocycles. The van der Waals surface area contributed by atoms with Crippen LogP contribution < -0.4 is 14.2 Å². The molecular weight excluding hydrogens is 482 g/mol. The van der Waals surface area contributed by atoms with Crippen molar-refractivity contribution in [1.82, 2.24) is 4.90 Å². The van der Waals surface area contributed by atoms with Crippen LogP contribution in [0.25, 0.3) is 6.08 Å². The zero-order valence-electron chi connectivity index (χ0n) is 18.6. The Morgan fingerprint density at radius 2 is 1.88 bits per heavy atom. The third kappa shape index (κ3) is 4.41. The Balaban J connectivity index is 1.36. The third-order valence-electron chi connectivity index (χ3n) is 6.03. The average molecular weight is 506 g/mol. The molecule has 0 fully saturated rings. The molecule has 0 aliphatic carbocycles. The van der Waals surface area contributed by atoms with E-state index in [-0.39, 0.29) is 5.78 Å². The lowest BCUT2D eigenvalue weighted by atomic mass is 9.98. The second-order valence-corrected chi connectivity index (χ2v) is 9.21. The van der Waals surface area contributed by atoms with E-state index in [4.69, 9.17) is 14.2 Å². The highest BCUT2D eigenvalue weighted by molar-refractivity contribution is 9.10. The van der Waals surface area contributed by atoms with Gasteiger partial charge in [-0.1, -0.05) is 40.2 Å². The molecule has 0 spiro atoms. The summed E-state index contributed by atoms with van der Waals surface area (Å²) in [7, 11) is 1.67. The van der Waals surface area contributed by atoms with Crippen molar-refractivity contribution in [2.45, 2.75) is 19.9 Å². The molecule has 0 radical (unpaired) electrons. The monoisotopic (exact) mass is 505 g/mol. The number of nitrogens with zero attached hydrogens (tertiary/aromatic N) is 1. The first-order valence-corrected chi connectivity index (χ1v) is 11.7. The van der Waals surface area contributed by atoms with E-state index >= 15 is 0 Å². The van der Waals surface area contributed by atoms with Crippen LogP contribution in [0.3, 0.4) is 0 Å². The zero-order valence-corrected chi connectivity index (χ0v) is 20.1. The maximum absolute atomic E-state index is 13.2. The fraction of sp³-hybridized carbons (Fsp3) is 0.222. The van der Waals surface area contributed by atoms with Gasteiger partial charge < -0.3 is 14.2 Å². The molecule has 0 amide bonds. The molecule has 3 aromatic carbocycles. The van der Waals surface area contributed by atoms with Gasteiger partial charge in [-0.05, 0) is 66.4 Å². The van der Waals surface area contributed by atoms with Crippen LogP contribution in [0.1, 0.15) is 32.6 Å². The van der Waals surface area contributed by atoms with Crippen LogP contribution in [0.15, 0.2) is 64.8 Å². The van der Waals surface area contributed by atoms with Crippen molar-refractivity contribution in [1.29, 1.82) is 0 Å². The first-order chi connectivity index (χ1) is 16.0. The Hall–Kier alpha value is -3.09. The van der Waals surface area contributed by atoms with Gasteiger partial charge in [0.25, 0.3) is 0 Å². The summed E-state index contributed by atoms with van der Waals surface area (Å²) in [6.45, 7) is 3.95. The summed E-state index contributed by atoms with van der Waals surface area (Å²) in [5.41, 5.74) is 4.60. The molecule has 0 atom stereocenters. The molecule has 2 aliphatic rings. The molecule has 0 saturated heterocycles. The van der Waals surface area contributed by atoms with Crippen molar-refractivity contribution in [3.63, 3.8) is 0 Å². The lowest BCUT2D eigenvalue weighted by Gasteiger charge is -2.30. The van der Waals surface area contributed by atoms with Crippen LogP contribution in [0.2, 0.25) is 0 Å². The Labute approximate surface area is 201 Å². The number of ketones is 1. The van der Waals surface area contributed by atoms with Crippen molar-refractivity contribution in [3.8, 4) is 17.2 Å². The highest BCUT2D eigenvalue weighted by atomic mass is 79.9. The number of fused-ring (bicyclic) bond motifs is 3. The third-order valence-corrected chi connectivity index (χ3v) is 6.56. The van der Waals surface area contributed by atoms with Crippen LogP contribution in [0.5, 0.6) is 17.2 Å². The summed E-state index contributed by atoms with van der Waals surface area (Å²) < 4.78 is 18.4. The molecule has 0 bridgehead atoms. The normalized spacial score (nSPS) is 16.2. The van der Waals surface area contributed by atoms with E-state index in [0.29, 0.717) is 30.3 Å². The van der Waals surface area contributed by atoms with Crippen LogP contribution in [-0.4, -0.2) is 31.1 Å². The van der Waals surface area contributed by atoms with Crippen molar-refractivity contribution < 1.29 is 19.0 Å². The van der Waals surface area contributed by atoms with Crippen molar-refractivity contribution in [3.05, 3.63) is 92.6 Å². The number of hydrogen-bond donors (Lipinski definition) is 0. The largest absolute Gasteiger partial charge is 0.497 e. The quantitative estimate of drug-likeness (QED) is 0.411. The smallest absolute Gasteiger partial charge is 0.232 e. The fourth-order valence-electron chi connectivity index (χ4n) is 4.21. The van der Waals surface area contributed by atoms with E-state index in [1.165, 1.54) is 5.56 Å². The van der Waals surface area contributed by atoms with Gasteiger partial charge in [0.15, 0.2) is 5.76 Å². The molecule has 2 aliphatic heterocycles. The summed E-state index contributed by atoms with van der Waals surface area (Å²) in [4.78, 5) is 15.4. The fourth-order valence-corrected chi connectivity index (χ4v) is 4.47. The summed E-state index contributed by atoms with van der Waals surface area (Å²) in [6.07, 6.45) is 2.69. The van der Waals surface area contributed by atoms with Crippen molar-refractivity contribution in [2.75, 3.05) is 20.4 Å². The number of carbonyl (C=O) groups is 1. The lowest BCUT2D eigenvalue weighted by Crippen LogP contribution is -2.33. The number of rotatable bonds is 5. The number of methoxy groups -OCH3 is 1. The van der Waals surface area contributed by atoms with Gasteiger partial charge in [0.05, 0.1) is 18.2 Å². The van der Waals surface area contributed by atoms with Crippen molar-refractivity contribution in [2.24, 2.45) is 0 Å². The summed E-state index contributed by atoms with van der Waals surface area (Å²) in [5, 5.41) is 0. The van der Waals surface area contributed by atoms with Gasteiger partial charge in [0.1, 0.15) is 24.0 Å². The molecule has 5 nitrogen and oxygen atoms in total. The number of ether oxygens (including phenoxy) is 3. The van der Waals surface area contributed by atoms with Gasteiger partial charge in [-0.3, -0.25) is 9.69 Å². The number of hydrogen-bond acceptors (Lipinski definition) is 5. The number of halogens is 1. The number of carbonyl (C=O) groups excluding carboxylic acids is 1. The maximum Gasteiger partial charge on any atom is 0.232 e. The average Bonchev–Trinajstić information content (AvgIpc) is 3.16. The van der Waals surface area contributed by atoms with E-state index in [0.717, 1.165) is 45.6 Å². The maximum atomic E-state index is 13.2. The minimum absolute atomic E-state index is 0.0800. The molecule has 0 aromatic heterocycles. The molecule has 3 aromatic rings. The molecule has 2 heterocycles. The van der Waals surface area contributed by atoms with Gasteiger partial charge in [-0.25, -0.2) is 0 Å². The SMILES string of the molecule is COc1ccc(CCN2COc3cc(C)c4c(c3C2)O/C(=C/c2ccc(Br)cc2)C4=O)cc1. The van der Waals surface area contributed by atoms with Gasteiger partial charge >= 0.3 is 0 Å². The van der Waals surface area contributed by atoms with E-state index < -0.39 is 0 Å². The van der Waals surface area contributed by atoms with Crippen LogP contribution in [0.4, 0.5) is 0 Å². The number of benzene rings is 3. The standard InChI is InChI=1S/C27H24BrNO4/c1-17-13-23-22(15-29(16-32-23)12-11-18-5-9-21(31-2)10-6-18)27-25(17)26(30)24(33-27)14-19-3-7-20(28)8-4-19/h3-10,13-14H,11-12,15-16H2,1-2H3/b24-14+. The van der Waals surface area contributed by atoms with Crippen LogP contribution >= 0.6 is 15.9 Å². The Morgan fingerprint density at radius 3 is 2.61 bits per heavy atom. The van der Waals surface area contributed by atoms with Gasteiger partial charge in [-0.15, -0.1) is 0 Å². The number of aryl methyl sites for hydroxylation is 1. The molecule has 33 heavy (non-hydrogen) atoms. The Morgan fingerprint density at radius 1 is 1.12 bits per heavy atom. The van der Waals surface area contributed by atoms with E-state index in [1.807, 2.05) is 49.4 Å². The molecular formula is C27H24BrNO4. The molecule has 5 rings (SSSR count). The minimum atomic E-state index is -0.0800. The highest BCUT2D eigenvalue weighted by Gasteiger charge is 2.35. The Bertz CT molecular complexity index is 1230.